The molecule has 26 nitrogen and oxygen atoms in total. The summed E-state index contributed by atoms with van der Waals surface area (Å²) in [6.45, 7) is 11.7. The maximum absolute atomic E-state index is 12.2. The number of aliphatic hydroxyl groups is 3. The molecular weight excluding hydrogens is 1040 g/mol. The molecule has 26 heteroatoms. The van der Waals surface area contributed by atoms with Crippen LogP contribution in [0, 0.1) is 0 Å². The second-order valence-electron chi connectivity index (χ2n) is 17.4. The molecule has 3 aromatic rings. The number of fused-ring (bicyclic) bond motifs is 3. The van der Waals surface area contributed by atoms with Gasteiger partial charge in [-0.05, 0) is 84.9 Å². The molecule has 6 rings (SSSR count). The zero-order chi connectivity index (χ0) is 60.5. The minimum Gasteiger partial charge on any atom is -0.467 e. The topological polar surface area (TPSA) is 378 Å². The number of ketones is 4. The van der Waals surface area contributed by atoms with Gasteiger partial charge in [-0.15, -0.1) is 0 Å². The molecule has 3 aliphatic heterocycles. The minimum atomic E-state index is -1.53. The highest BCUT2D eigenvalue weighted by atomic mass is 16.5. The largest absolute Gasteiger partial charge is 0.467 e. The summed E-state index contributed by atoms with van der Waals surface area (Å²) in [5.74, 6) is -8.54. The molecule has 424 valence electrons. The number of carbonyl (C=O) groups excluding carboxylic acids is 15. The van der Waals surface area contributed by atoms with Crippen LogP contribution in [0.3, 0.4) is 0 Å². The first-order valence-corrected chi connectivity index (χ1v) is 23.6. The van der Waals surface area contributed by atoms with Crippen LogP contribution >= 0.6 is 0 Å². The van der Waals surface area contributed by atoms with E-state index in [4.69, 9.17) is 5.11 Å². The number of Topliss-reactive ketones (excluding diaryl/α,β-unsaturated/α-hetero) is 4. The molecule has 0 aliphatic carbocycles. The smallest absolute Gasteiger partial charge is 0.336 e. The number of rotatable bonds is 15. The number of nitrogens with zero attached hydrogens (tertiary/aromatic N) is 3. The first-order valence-electron chi connectivity index (χ1n) is 23.6. The summed E-state index contributed by atoms with van der Waals surface area (Å²) in [6, 6.07) is 12.8. The summed E-state index contributed by atoms with van der Waals surface area (Å²) < 4.78 is 13.5. The van der Waals surface area contributed by atoms with Crippen molar-refractivity contribution in [1.29, 1.82) is 0 Å². The number of methoxy groups -OCH3 is 3. The number of aliphatic hydroxyl groups excluding tert-OH is 3. The number of ether oxygens (including phenoxy) is 3. The average molecular weight is 1100 g/mol. The number of nitrogens with one attached hydrogen (secondary N) is 2. The van der Waals surface area contributed by atoms with E-state index in [2.05, 4.69) is 24.8 Å². The molecule has 5 N–H and O–H groups in total. The lowest BCUT2D eigenvalue weighted by molar-refractivity contribution is -0.149. The van der Waals surface area contributed by atoms with Crippen LogP contribution in [0.25, 0.3) is 0 Å². The summed E-state index contributed by atoms with van der Waals surface area (Å²) in [7, 11) is 3.36. The molecule has 0 spiro atoms. The fourth-order valence-electron chi connectivity index (χ4n) is 7.68. The lowest BCUT2D eigenvalue weighted by Crippen LogP contribution is -2.51. The summed E-state index contributed by atoms with van der Waals surface area (Å²) >= 11 is 0. The molecule has 7 atom stereocenters. The third kappa shape index (κ3) is 16.3. The fourth-order valence-corrected chi connectivity index (χ4v) is 7.68. The molecule has 8 amide bonds. The second kappa shape index (κ2) is 29.5. The normalized spacial score (nSPS) is 15.3. The molecule has 3 heterocycles. The summed E-state index contributed by atoms with van der Waals surface area (Å²) in [5, 5.41) is 32.9. The molecule has 0 aromatic heterocycles. The van der Waals surface area contributed by atoms with Gasteiger partial charge >= 0.3 is 17.9 Å². The number of amides is 8. The molecule has 79 heavy (non-hydrogen) atoms. The maximum atomic E-state index is 12.2. The Kier molecular flexibility index (Phi) is 24.7. The van der Waals surface area contributed by atoms with Crippen LogP contribution < -0.4 is 10.6 Å². The highest BCUT2D eigenvalue weighted by Gasteiger charge is 2.48. The summed E-state index contributed by atoms with van der Waals surface area (Å²) in [5.41, 5.74) is 1.26. The van der Waals surface area contributed by atoms with Crippen LogP contribution in [0.5, 0.6) is 0 Å². The van der Waals surface area contributed by atoms with Gasteiger partial charge in [0.25, 0.3) is 35.4 Å². The quantitative estimate of drug-likeness (QED) is 0.0576. The predicted molar refractivity (Wildman–Crippen MR) is 271 cm³/mol. The summed E-state index contributed by atoms with van der Waals surface area (Å²) in [6.07, 6.45) is -3.26. The predicted octanol–water partition coefficient (Wildman–Crippen LogP) is -0.0468. The Morgan fingerprint density at radius 3 is 0.823 bits per heavy atom. The number of hydrogen-bond donors (Lipinski definition) is 5. The van der Waals surface area contributed by atoms with E-state index >= 15 is 0 Å². The highest BCUT2D eigenvalue weighted by Crippen LogP contribution is 2.28. The van der Waals surface area contributed by atoms with Crippen molar-refractivity contribution in [2.24, 2.45) is 0 Å². The molecule has 0 saturated carbocycles. The van der Waals surface area contributed by atoms with Gasteiger partial charge in [0, 0.05) is 13.8 Å². The molecule has 3 aromatic carbocycles. The van der Waals surface area contributed by atoms with E-state index < -0.39 is 108 Å². The highest BCUT2D eigenvalue weighted by molar-refractivity contribution is 6.26. The Morgan fingerprint density at radius 2 is 0.658 bits per heavy atom. The van der Waals surface area contributed by atoms with Crippen molar-refractivity contribution in [2.75, 3.05) is 21.3 Å². The van der Waals surface area contributed by atoms with Crippen molar-refractivity contribution in [3.05, 3.63) is 106 Å². The van der Waals surface area contributed by atoms with Gasteiger partial charge in [-0.3, -0.25) is 72.2 Å². The minimum absolute atomic E-state index is 0.183. The summed E-state index contributed by atoms with van der Waals surface area (Å²) in [4.78, 5) is 175. The second-order valence-corrected chi connectivity index (χ2v) is 17.4. The van der Waals surface area contributed by atoms with Gasteiger partial charge in [-0.25, -0.2) is 14.4 Å². The van der Waals surface area contributed by atoms with E-state index in [9.17, 15) is 82.1 Å². The van der Waals surface area contributed by atoms with E-state index in [1.807, 2.05) is 0 Å². The average Bonchev–Trinajstić information content (AvgIpc) is 3.89. The first-order chi connectivity index (χ1) is 36.9. The standard InChI is InChI=1S/2C13H13NO5.C13H11NO5.C7H13NO3.C7H11NO3/c3*1-7(15)10(13(18)19-2)14-11(16)8-5-3-4-6-9(8)12(14)17;2*1-4(9)7(5(2)10)8-6(3)11/h2*3-7,10,15H,1-2H3;3-6,10H,1-2H3;4,7,9H,1-3H3,(H,8,11);7H,1-3H3,(H,8,11)/t2*7-,10-;;4-,7?;/m10.1./s1. The fraction of sp³-hybridized carbons (Fsp3) is 0.377. The molecule has 3 aliphatic rings. The number of benzene rings is 3. The lowest BCUT2D eigenvalue weighted by Gasteiger charge is -2.25. The first kappa shape index (κ1) is 66.1. The lowest BCUT2D eigenvalue weighted by atomic mass is 10.1. The van der Waals surface area contributed by atoms with Gasteiger partial charge in [0.15, 0.2) is 41.3 Å². The molecular formula is C53H61N5O21. The Morgan fingerprint density at radius 1 is 0.392 bits per heavy atom. The van der Waals surface area contributed by atoms with Gasteiger partial charge in [0.2, 0.25) is 11.8 Å². The molecule has 0 radical (unpaired) electrons. The number of hydrogen-bond acceptors (Lipinski definition) is 21. The van der Waals surface area contributed by atoms with Gasteiger partial charge in [-0.2, -0.15) is 0 Å². The van der Waals surface area contributed by atoms with E-state index in [0.29, 0.717) is 4.90 Å². The van der Waals surface area contributed by atoms with Crippen molar-refractivity contribution < 1.29 is 101 Å². The van der Waals surface area contributed by atoms with E-state index in [1.165, 1.54) is 91.8 Å². The van der Waals surface area contributed by atoms with E-state index in [0.717, 1.165) is 38.1 Å². The monoisotopic (exact) mass is 1100 g/mol. The zero-order valence-corrected chi connectivity index (χ0v) is 45.1. The van der Waals surface area contributed by atoms with Crippen molar-refractivity contribution in [3.8, 4) is 0 Å². The van der Waals surface area contributed by atoms with Crippen molar-refractivity contribution in [1.82, 2.24) is 25.3 Å². The van der Waals surface area contributed by atoms with Crippen LogP contribution in [0.4, 0.5) is 0 Å². The number of carbonyl (C=O) groups is 15. The van der Waals surface area contributed by atoms with Gasteiger partial charge in [0.05, 0.1) is 73.0 Å². The van der Waals surface area contributed by atoms with Gasteiger partial charge in [0.1, 0.15) is 12.1 Å². The van der Waals surface area contributed by atoms with Crippen LogP contribution in [-0.4, -0.2) is 188 Å². The molecule has 0 saturated heterocycles. The Labute approximate surface area is 452 Å². The van der Waals surface area contributed by atoms with Crippen molar-refractivity contribution in [2.45, 2.75) is 111 Å². The number of imide groups is 3. The SMILES string of the molecule is CC(=O)NC(C(C)=O)C(C)=O.CC(=O)NC(C(C)=O)[C@@H](C)O.COC(=O)C(C(C)=O)N1C(=O)c2ccccc2C1=O.COC(=O)[C@@H]([C@@H](C)O)N1C(=O)c2ccccc2C1=O.COC(=O)[C@H]([C@H](C)O)N1C(=O)c2ccccc2C1=O. The Hall–Kier alpha value is -9.01. The third-order valence-electron chi connectivity index (χ3n) is 11.3. The maximum Gasteiger partial charge on any atom is 0.336 e. The molecule has 2 unspecified atom stereocenters. The Balaban J connectivity index is 0.000000345. The van der Waals surface area contributed by atoms with Crippen LogP contribution in [-0.2, 0) is 57.4 Å². The van der Waals surface area contributed by atoms with Gasteiger partial charge < -0.3 is 40.2 Å². The third-order valence-corrected chi connectivity index (χ3v) is 11.3. The van der Waals surface area contributed by atoms with Gasteiger partial charge in [-0.1, -0.05) is 36.4 Å². The van der Waals surface area contributed by atoms with E-state index in [1.54, 1.807) is 36.4 Å². The number of esters is 3. The molecule has 0 bridgehead atoms. The molecule has 0 fully saturated rings. The van der Waals surface area contributed by atoms with Crippen LogP contribution in [0.2, 0.25) is 0 Å². The zero-order valence-electron chi connectivity index (χ0n) is 45.1. The Bertz CT molecular complexity index is 2690. The van der Waals surface area contributed by atoms with Crippen LogP contribution in [0.15, 0.2) is 72.8 Å². The van der Waals surface area contributed by atoms with Crippen molar-refractivity contribution >= 4 is 88.3 Å². The van der Waals surface area contributed by atoms with E-state index in [-0.39, 0.29) is 62.5 Å². The van der Waals surface area contributed by atoms with Crippen molar-refractivity contribution in [3.63, 3.8) is 0 Å². The van der Waals surface area contributed by atoms with Crippen LogP contribution in [0.1, 0.15) is 124 Å².